The first-order chi connectivity index (χ1) is 20.3. The Morgan fingerprint density at radius 2 is 1.00 bits per heavy atom. The van der Waals surface area contributed by atoms with Crippen LogP contribution in [0.3, 0.4) is 0 Å². The van der Waals surface area contributed by atoms with Crippen LogP contribution in [-0.2, 0) is 54.8 Å². The van der Waals surface area contributed by atoms with Gasteiger partial charge in [0.25, 0.3) is 0 Å². The zero-order valence-corrected chi connectivity index (χ0v) is 23.5. The molecule has 0 bridgehead atoms. The normalized spacial score (nSPS) is 22.1. The predicted octanol–water partition coefficient (Wildman–Crippen LogP) is 6.33. The fourth-order valence-electron chi connectivity index (χ4n) is 5.00. The van der Waals surface area contributed by atoms with Crippen molar-refractivity contribution >= 4 is 0 Å². The van der Waals surface area contributed by atoms with Crippen LogP contribution >= 0.6 is 0 Å². The molecule has 1 saturated heterocycles. The van der Waals surface area contributed by atoms with Crippen molar-refractivity contribution in [3.63, 3.8) is 0 Å². The van der Waals surface area contributed by atoms with Crippen molar-refractivity contribution in [3.05, 3.63) is 144 Å². The van der Waals surface area contributed by atoms with E-state index >= 15 is 0 Å². The average molecular weight is 555 g/mol. The van der Waals surface area contributed by atoms with Crippen LogP contribution in [0, 0.1) is 0 Å². The van der Waals surface area contributed by atoms with Crippen LogP contribution in [0.1, 0.15) is 22.3 Å². The Morgan fingerprint density at radius 1 is 0.561 bits per heavy atom. The topological polar surface area (TPSA) is 55.4 Å². The van der Waals surface area contributed by atoms with E-state index in [0.717, 1.165) is 22.3 Å². The molecule has 214 valence electrons. The first-order valence-electron chi connectivity index (χ1n) is 14.0. The number of hydrogen-bond donors (Lipinski definition) is 0. The molecule has 0 aliphatic carbocycles. The van der Waals surface area contributed by atoms with Crippen LogP contribution in [0.15, 0.2) is 121 Å². The number of benzene rings is 4. The quantitative estimate of drug-likeness (QED) is 0.171. The zero-order chi connectivity index (χ0) is 28.2. The van der Waals surface area contributed by atoms with E-state index in [1.165, 1.54) is 0 Å². The summed E-state index contributed by atoms with van der Waals surface area (Å²) in [5.74, 6) is -1.19. The lowest BCUT2D eigenvalue weighted by molar-refractivity contribution is -0.281. The molecule has 0 spiro atoms. The van der Waals surface area contributed by atoms with Gasteiger partial charge in [0.1, 0.15) is 24.9 Å². The van der Waals surface area contributed by atoms with Crippen LogP contribution in [0.25, 0.3) is 0 Å². The molecular weight excluding hydrogens is 516 g/mol. The largest absolute Gasteiger partial charge is 0.374 e. The molecule has 0 radical (unpaired) electrons. The minimum absolute atomic E-state index is 0.165. The Bertz CT molecular complexity index is 1270. The first-order valence-corrected chi connectivity index (χ1v) is 14.0. The molecule has 6 heteroatoms. The molecule has 4 atom stereocenters. The highest BCUT2D eigenvalue weighted by atomic mass is 16.8. The van der Waals surface area contributed by atoms with Gasteiger partial charge in [-0.1, -0.05) is 121 Å². The smallest absolute Gasteiger partial charge is 0.221 e. The SMILES string of the molecule is CO[C@]1(COCc2ccccc2)O[C@H](COCc2ccccc2)[C@@H](OCc2ccccc2)[C@@H]1OCc1ccccc1. The van der Waals surface area contributed by atoms with Gasteiger partial charge in [0.2, 0.25) is 5.79 Å². The average Bonchev–Trinajstić information content (AvgIpc) is 3.33. The Morgan fingerprint density at radius 3 is 1.49 bits per heavy atom. The molecule has 1 aliphatic rings. The van der Waals surface area contributed by atoms with Crippen LogP contribution in [-0.4, -0.2) is 44.4 Å². The van der Waals surface area contributed by atoms with Crippen molar-refractivity contribution in [1.29, 1.82) is 0 Å². The first kappa shape index (κ1) is 29.1. The Labute approximate surface area is 242 Å². The molecule has 41 heavy (non-hydrogen) atoms. The molecule has 1 heterocycles. The third-order valence-corrected chi connectivity index (χ3v) is 7.16. The lowest BCUT2D eigenvalue weighted by Gasteiger charge is -2.33. The number of methoxy groups -OCH3 is 1. The van der Waals surface area contributed by atoms with Crippen molar-refractivity contribution in [2.75, 3.05) is 20.3 Å². The van der Waals surface area contributed by atoms with Crippen LogP contribution in [0.5, 0.6) is 0 Å². The van der Waals surface area contributed by atoms with Crippen molar-refractivity contribution in [3.8, 4) is 0 Å². The van der Waals surface area contributed by atoms with Crippen molar-refractivity contribution in [1.82, 2.24) is 0 Å². The van der Waals surface area contributed by atoms with Crippen LogP contribution in [0.4, 0.5) is 0 Å². The summed E-state index contributed by atoms with van der Waals surface area (Å²) < 4.78 is 38.2. The molecule has 0 N–H and O–H groups in total. The second-order valence-corrected chi connectivity index (χ2v) is 10.1. The van der Waals surface area contributed by atoms with E-state index < -0.39 is 24.1 Å². The standard InChI is InChI=1S/C35H38O6/c1-36-35(27-38-23-29-16-8-3-9-17-29)34(40-25-31-20-12-5-13-21-31)33(39-24-30-18-10-4-11-19-30)32(41-35)26-37-22-28-14-6-2-7-15-28/h2-21,32-34H,22-27H2,1H3/t32-,33-,34+,35-/m1/s1. The van der Waals surface area contributed by atoms with E-state index in [2.05, 4.69) is 0 Å². The summed E-state index contributed by atoms with van der Waals surface area (Å²) in [6.07, 6.45) is -1.48. The van der Waals surface area contributed by atoms with Crippen molar-refractivity contribution < 1.29 is 28.4 Å². The fourth-order valence-corrected chi connectivity index (χ4v) is 5.00. The van der Waals surface area contributed by atoms with E-state index in [0.29, 0.717) is 33.0 Å². The van der Waals surface area contributed by atoms with E-state index in [4.69, 9.17) is 28.4 Å². The molecule has 0 amide bonds. The Kier molecular flexibility index (Phi) is 10.7. The zero-order valence-electron chi connectivity index (χ0n) is 23.5. The van der Waals surface area contributed by atoms with Crippen LogP contribution in [0.2, 0.25) is 0 Å². The van der Waals surface area contributed by atoms with E-state index in [1.807, 2.05) is 121 Å². The predicted molar refractivity (Wildman–Crippen MR) is 157 cm³/mol. The van der Waals surface area contributed by atoms with Gasteiger partial charge in [-0.3, -0.25) is 0 Å². The maximum atomic E-state index is 6.65. The fraction of sp³-hybridized carbons (Fsp3) is 0.314. The van der Waals surface area contributed by atoms with Crippen LogP contribution < -0.4 is 0 Å². The summed E-state index contributed by atoms with van der Waals surface area (Å²) in [6, 6.07) is 40.3. The third-order valence-electron chi connectivity index (χ3n) is 7.16. The van der Waals surface area contributed by atoms with E-state index in [9.17, 15) is 0 Å². The Balaban J connectivity index is 1.36. The lowest BCUT2D eigenvalue weighted by Crippen LogP contribution is -2.50. The summed E-state index contributed by atoms with van der Waals surface area (Å²) in [5.41, 5.74) is 4.27. The Hall–Kier alpha value is -3.36. The molecule has 0 unspecified atom stereocenters. The van der Waals surface area contributed by atoms with E-state index in [1.54, 1.807) is 7.11 Å². The number of hydrogen-bond acceptors (Lipinski definition) is 6. The molecule has 4 aromatic rings. The molecule has 5 rings (SSSR count). The lowest BCUT2D eigenvalue weighted by atomic mass is 10.0. The van der Waals surface area contributed by atoms with Gasteiger partial charge in [-0.05, 0) is 22.3 Å². The molecule has 4 aromatic carbocycles. The van der Waals surface area contributed by atoms with Gasteiger partial charge < -0.3 is 28.4 Å². The molecule has 1 fully saturated rings. The molecule has 0 saturated carbocycles. The van der Waals surface area contributed by atoms with Gasteiger partial charge in [-0.25, -0.2) is 0 Å². The second-order valence-electron chi connectivity index (χ2n) is 10.1. The second kappa shape index (κ2) is 15.0. The maximum Gasteiger partial charge on any atom is 0.221 e. The number of ether oxygens (including phenoxy) is 6. The summed E-state index contributed by atoms with van der Waals surface area (Å²) in [5, 5.41) is 0. The maximum absolute atomic E-state index is 6.65. The highest BCUT2D eigenvalue weighted by Gasteiger charge is 2.58. The molecular formula is C35H38O6. The summed E-state index contributed by atoms with van der Waals surface area (Å²) >= 11 is 0. The third kappa shape index (κ3) is 8.11. The van der Waals surface area contributed by atoms with Gasteiger partial charge in [0.15, 0.2) is 0 Å². The summed E-state index contributed by atoms with van der Waals surface area (Å²) in [4.78, 5) is 0. The molecule has 6 nitrogen and oxygen atoms in total. The minimum atomic E-state index is -1.19. The summed E-state index contributed by atoms with van der Waals surface area (Å²) in [7, 11) is 1.63. The highest BCUT2D eigenvalue weighted by molar-refractivity contribution is 5.16. The molecule has 0 aromatic heterocycles. The van der Waals surface area contributed by atoms with Gasteiger partial charge in [-0.15, -0.1) is 0 Å². The van der Waals surface area contributed by atoms with Gasteiger partial charge in [-0.2, -0.15) is 0 Å². The number of rotatable bonds is 15. The van der Waals surface area contributed by atoms with Gasteiger partial charge in [0, 0.05) is 7.11 Å². The van der Waals surface area contributed by atoms with E-state index in [-0.39, 0.29) is 6.61 Å². The highest BCUT2D eigenvalue weighted by Crippen LogP contribution is 2.38. The van der Waals surface area contributed by atoms with Crippen molar-refractivity contribution in [2.45, 2.75) is 50.5 Å². The summed E-state index contributed by atoms with van der Waals surface area (Å²) in [6.45, 7) is 2.14. The molecule has 1 aliphatic heterocycles. The van der Waals surface area contributed by atoms with Gasteiger partial charge >= 0.3 is 0 Å². The van der Waals surface area contributed by atoms with Crippen molar-refractivity contribution in [2.24, 2.45) is 0 Å². The minimum Gasteiger partial charge on any atom is -0.374 e. The monoisotopic (exact) mass is 554 g/mol. The van der Waals surface area contributed by atoms with Gasteiger partial charge in [0.05, 0.1) is 33.0 Å².